The van der Waals surface area contributed by atoms with Gasteiger partial charge in [-0.1, -0.05) is 19.1 Å². The Morgan fingerprint density at radius 2 is 1.97 bits per heavy atom. The number of hydrogen-bond donors (Lipinski definition) is 1. The van der Waals surface area contributed by atoms with Gasteiger partial charge in [-0.3, -0.25) is 0 Å². The number of benzene rings is 2. The normalized spacial score (nSPS) is 13.6. The molecular formula is C22H18ClF2N5OS. The van der Waals surface area contributed by atoms with Gasteiger partial charge in [0.05, 0.1) is 28.9 Å². The van der Waals surface area contributed by atoms with Crippen LogP contribution in [0.1, 0.15) is 29.0 Å². The molecule has 164 valence electrons. The molecule has 0 amide bonds. The minimum Gasteiger partial charge on any atom is -0.382 e. The van der Waals surface area contributed by atoms with Crippen molar-refractivity contribution in [1.29, 1.82) is 5.26 Å². The zero-order chi connectivity index (χ0) is 22.0. The molecule has 2 atom stereocenters. The zero-order valence-electron chi connectivity index (χ0n) is 16.8. The van der Waals surface area contributed by atoms with Gasteiger partial charge in [0.2, 0.25) is 0 Å². The van der Waals surface area contributed by atoms with E-state index >= 15 is 0 Å². The zero-order valence-corrected chi connectivity index (χ0v) is 18.4. The molecule has 0 saturated carbocycles. The van der Waals surface area contributed by atoms with Gasteiger partial charge in [0.15, 0.2) is 0 Å². The van der Waals surface area contributed by atoms with Gasteiger partial charge in [-0.2, -0.15) is 10.4 Å². The number of thiazole rings is 1. The lowest BCUT2D eigenvalue weighted by molar-refractivity contribution is -0.0114. The van der Waals surface area contributed by atoms with Crippen molar-refractivity contribution in [2.75, 3.05) is 0 Å². The highest BCUT2D eigenvalue weighted by Crippen LogP contribution is 2.41. The van der Waals surface area contributed by atoms with Crippen LogP contribution in [-0.4, -0.2) is 24.9 Å². The van der Waals surface area contributed by atoms with Crippen molar-refractivity contribution in [3.8, 4) is 17.3 Å². The molecule has 4 rings (SSSR count). The lowest BCUT2D eigenvalue weighted by atomic mass is 9.82. The first-order chi connectivity index (χ1) is 14.9. The second kappa shape index (κ2) is 9.53. The molecule has 2 aromatic heterocycles. The Labute approximate surface area is 193 Å². The lowest BCUT2D eigenvalue weighted by Crippen LogP contribution is -2.38. The third kappa shape index (κ3) is 4.53. The van der Waals surface area contributed by atoms with Crippen molar-refractivity contribution in [1.82, 2.24) is 19.7 Å². The fourth-order valence-electron chi connectivity index (χ4n) is 3.38. The summed E-state index contributed by atoms with van der Waals surface area (Å²) in [5.74, 6) is -2.07. The van der Waals surface area contributed by atoms with Gasteiger partial charge in [-0.05, 0) is 30.3 Å². The van der Waals surface area contributed by atoms with Gasteiger partial charge < -0.3 is 5.11 Å². The molecular weight excluding hydrogens is 456 g/mol. The first-order valence-corrected chi connectivity index (χ1v) is 10.2. The van der Waals surface area contributed by atoms with Crippen LogP contribution in [-0.2, 0) is 12.1 Å². The van der Waals surface area contributed by atoms with Crippen molar-refractivity contribution in [3.63, 3.8) is 0 Å². The van der Waals surface area contributed by atoms with Crippen LogP contribution in [0.2, 0.25) is 0 Å². The molecule has 0 spiro atoms. The number of aliphatic hydroxyl groups is 1. The highest BCUT2D eigenvalue weighted by atomic mass is 35.5. The van der Waals surface area contributed by atoms with Crippen molar-refractivity contribution >= 4 is 23.7 Å². The summed E-state index contributed by atoms with van der Waals surface area (Å²) in [4.78, 5) is 8.49. The van der Waals surface area contributed by atoms with E-state index in [0.717, 1.165) is 23.8 Å². The first-order valence-electron chi connectivity index (χ1n) is 9.37. The Balaban J connectivity index is 0.00000289. The van der Waals surface area contributed by atoms with Gasteiger partial charge in [-0.25, -0.2) is 23.4 Å². The molecule has 1 unspecified atom stereocenters. The molecule has 10 heteroatoms. The van der Waals surface area contributed by atoms with Gasteiger partial charge in [0, 0.05) is 22.4 Å². The van der Waals surface area contributed by atoms with E-state index in [1.807, 2.05) is 5.38 Å². The highest BCUT2D eigenvalue weighted by Gasteiger charge is 2.41. The fraction of sp³-hybridized carbons (Fsp3) is 0.182. The second-order valence-corrected chi connectivity index (χ2v) is 8.01. The molecule has 0 aliphatic rings. The van der Waals surface area contributed by atoms with E-state index in [2.05, 4.69) is 21.1 Å². The van der Waals surface area contributed by atoms with E-state index in [1.165, 1.54) is 28.7 Å². The maximum absolute atomic E-state index is 14.7. The van der Waals surface area contributed by atoms with Gasteiger partial charge >= 0.3 is 0 Å². The van der Waals surface area contributed by atoms with Crippen LogP contribution in [0.4, 0.5) is 8.78 Å². The average Bonchev–Trinajstić information content (AvgIpc) is 3.47. The van der Waals surface area contributed by atoms with Crippen molar-refractivity contribution in [2.45, 2.75) is 25.0 Å². The quantitative estimate of drug-likeness (QED) is 0.440. The van der Waals surface area contributed by atoms with Gasteiger partial charge in [-0.15, -0.1) is 23.7 Å². The fourth-order valence-corrected chi connectivity index (χ4v) is 4.36. The maximum Gasteiger partial charge on any atom is 0.137 e. The molecule has 4 aromatic rings. The Kier molecular flexibility index (Phi) is 6.99. The van der Waals surface area contributed by atoms with E-state index < -0.39 is 23.2 Å². The Hall–Kier alpha value is -3.19. The summed E-state index contributed by atoms with van der Waals surface area (Å²) in [5, 5.41) is 27.0. The van der Waals surface area contributed by atoms with Crippen LogP contribution >= 0.6 is 23.7 Å². The number of aromatic nitrogens is 4. The molecule has 6 nitrogen and oxygen atoms in total. The number of nitrogens with zero attached hydrogens (tertiary/aromatic N) is 5. The summed E-state index contributed by atoms with van der Waals surface area (Å²) < 4.78 is 30.0. The van der Waals surface area contributed by atoms with E-state index in [9.17, 15) is 13.9 Å². The molecule has 32 heavy (non-hydrogen) atoms. The van der Waals surface area contributed by atoms with Crippen LogP contribution in [0.3, 0.4) is 0 Å². The minimum absolute atomic E-state index is 0. The van der Waals surface area contributed by atoms with Crippen LogP contribution in [0.5, 0.6) is 0 Å². The molecule has 0 aliphatic carbocycles. The van der Waals surface area contributed by atoms with E-state index in [0.29, 0.717) is 16.3 Å². The number of nitriles is 1. The van der Waals surface area contributed by atoms with Crippen molar-refractivity contribution < 1.29 is 13.9 Å². The topological polar surface area (TPSA) is 87.6 Å². The van der Waals surface area contributed by atoms with Crippen LogP contribution in [0.25, 0.3) is 11.3 Å². The van der Waals surface area contributed by atoms with Gasteiger partial charge in [0.1, 0.15) is 29.9 Å². The molecule has 2 aromatic carbocycles. The third-order valence-electron chi connectivity index (χ3n) is 5.18. The van der Waals surface area contributed by atoms with Crippen molar-refractivity contribution in [3.05, 3.63) is 88.3 Å². The molecule has 1 N–H and O–H groups in total. The number of rotatable bonds is 6. The molecule has 0 aliphatic heterocycles. The van der Waals surface area contributed by atoms with E-state index in [4.69, 9.17) is 5.26 Å². The van der Waals surface area contributed by atoms with Crippen LogP contribution < -0.4 is 0 Å². The van der Waals surface area contributed by atoms with E-state index in [-0.39, 0.29) is 24.5 Å². The summed E-state index contributed by atoms with van der Waals surface area (Å²) in [6, 6.07) is 12.0. The maximum atomic E-state index is 14.7. The standard InChI is InChI=1S/C22H17F2N5OS.ClH/c1-14(21-28-20(10-31-21)16-4-2-15(9-25)3-5-16)22(30,11-29-13-26-12-27-29)18-8-17(23)6-7-19(18)24;/h2-8,10,12-14,30H,11H2,1H3;1H/t14?,22-;/m1./s1. The number of hydrogen-bond acceptors (Lipinski definition) is 6. The summed E-state index contributed by atoms with van der Waals surface area (Å²) >= 11 is 1.31. The average molecular weight is 474 g/mol. The highest BCUT2D eigenvalue weighted by molar-refractivity contribution is 7.10. The summed E-state index contributed by atoms with van der Waals surface area (Å²) in [6.07, 6.45) is 2.71. The predicted octanol–water partition coefficient (Wildman–Crippen LogP) is 4.66. The first kappa shape index (κ1) is 23.5. The summed E-state index contributed by atoms with van der Waals surface area (Å²) in [5.41, 5.74) is 0.00578. The molecule has 0 radical (unpaired) electrons. The third-order valence-corrected chi connectivity index (χ3v) is 6.21. The molecule has 0 bridgehead atoms. The van der Waals surface area contributed by atoms with Crippen molar-refractivity contribution in [2.24, 2.45) is 0 Å². The monoisotopic (exact) mass is 473 g/mol. The minimum atomic E-state index is -1.83. The number of halogens is 3. The summed E-state index contributed by atoms with van der Waals surface area (Å²) in [6.45, 7) is 1.57. The molecule has 0 saturated heterocycles. The predicted molar refractivity (Wildman–Crippen MR) is 118 cm³/mol. The SMILES string of the molecule is CC(c1nc(-c2ccc(C#N)cc2)cs1)[C@](O)(Cn1cncn1)c1cc(F)ccc1F.Cl. The molecule has 0 fully saturated rings. The Morgan fingerprint density at radius 1 is 1.22 bits per heavy atom. The molecule has 2 heterocycles. The van der Waals surface area contributed by atoms with Crippen LogP contribution in [0, 0.1) is 23.0 Å². The van der Waals surface area contributed by atoms with Gasteiger partial charge in [0.25, 0.3) is 0 Å². The van der Waals surface area contributed by atoms with E-state index in [1.54, 1.807) is 31.2 Å². The Bertz CT molecular complexity index is 1240. The summed E-state index contributed by atoms with van der Waals surface area (Å²) in [7, 11) is 0. The largest absolute Gasteiger partial charge is 0.382 e. The lowest BCUT2D eigenvalue weighted by Gasteiger charge is -2.33. The Morgan fingerprint density at radius 3 is 2.62 bits per heavy atom. The van der Waals surface area contributed by atoms with Crippen LogP contribution in [0.15, 0.2) is 60.5 Å². The smallest absolute Gasteiger partial charge is 0.137 e. The second-order valence-electron chi connectivity index (χ2n) is 7.12.